The normalized spacial score (nSPS) is 11.5. The van der Waals surface area contributed by atoms with Crippen LogP contribution in [0.4, 0.5) is 0 Å². The molecule has 2 aromatic rings. The Morgan fingerprint density at radius 2 is 1.64 bits per heavy atom. The molecule has 0 aromatic heterocycles. The lowest BCUT2D eigenvalue weighted by molar-refractivity contribution is -0.141. The smallest absolute Gasteiger partial charge is 0.325 e. The van der Waals surface area contributed by atoms with Crippen molar-refractivity contribution in [3.8, 4) is 0 Å². The van der Waals surface area contributed by atoms with E-state index in [9.17, 15) is 9.59 Å². The number of carbonyl (C=O) groups is 2. The summed E-state index contributed by atoms with van der Waals surface area (Å²) in [5.74, 6) is -0.685. The Bertz CT molecular complexity index is 616. The maximum Gasteiger partial charge on any atom is 0.325 e. The highest BCUT2D eigenvalue weighted by Gasteiger charge is 2.22. The molecule has 2 aromatic carbocycles. The Labute approximate surface area is 133 Å². The zero-order valence-corrected chi connectivity index (χ0v) is 13.0. The van der Waals surface area contributed by atoms with Crippen molar-refractivity contribution in [2.75, 3.05) is 13.7 Å². The first-order valence-corrected chi connectivity index (χ1v) is 7.70. The number of amides is 1. The van der Waals surface area contributed by atoms with E-state index in [1.54, 1.807) is 0 Å². The summed E-state index contributed by atoms with van der Waals surface area (Å²) in [6, 6.07) is 19.2. The first-order chi connectivity index (χ1) is 10.7. The average Bonchev–Trinajstić information content (AvgIpc) is 2.59. The van der Waals surface area contributed by atoms with E-state index in [4.69, 9.17) is 0 Å². The molecule has 0 aliphatic rings. The lowest BCUT2D eigenvalue weighted by Gasteiger charge is -2.16. The van der Waals surface area contributed by atoms with Crippen molar-refractivity contribution in [2.24, 2.45) is 0 Å². The third kappa shape index (κ3) is 4.63. The molecule has 0 heterocycles. The van der Waals surface area contributed by atoms with E-state index in [1.165, 1.54) is 18.9 Å². The van der Waals surface area contributed by atoms with E-state index in [0.29, 0.717) is 0 Å². The second-order valence-electron chi connectivity index (χ2n) is 4.52. The minimum atomic E-state index is -0.468. The van der Waals surface area contributed by atoms with Gasteiger partial charge in [-0.3, -0.25) is 9.59 Å². The molecule has 22 heavy (non-hydrogen) atoms. The van der Waals surface area contributed by atoms with Crippen molar-refractivity contribution in [2.45, 2.75) is 10.1 Å². The Hall–Kier alpha value is -2.27. The van der Waals surface area contributed by atoms with Crippen LogP contribution in [0, 0.1) is 0 Å². The van der Waals surface area contributed by atoms with Crippen LogP contribution in [0.3, 0.4) is 0 Å². The van der Waals surface area contributed by atoms with Gasteiger partial charge in [-0.05, 0) is 17.7 Å². The van der Waals surface area contributed by atoms with Crippen molar-refractivity contribution >= 4 is 23.6 Å². The molecule has 0 aliphatic carbocycles. The number of esters is 1. The van der Waals surface area contributed by atoms with Crippen LogP contribution in [-0.2, 0) is 14.3 Å². The summed E-state index contributed by atoms with van der Waals surface area (Å²) in [5.41, 5.74) is 0.888. The topological polar surface area (TPSA) is 55.4 Å². The van der Waals surface area contributed by atoms with Gasteiger partial charge in [-0.1, -0.05) is 48.5 Å². The van der Waals surface area contributed by atoms with E-state index >= 15 is 0 Å². The number of benzene rings is 2. The van der Waals surface area contributed by atoms with E-state index in [1.807, 2.05) is 60.7 Å². The van der Waals surface area contributed by atoms with Crippen molar-refractivity contribution in [3.05, 3.63) is 66.2 Å². The number of hydrogen-bond acceptors (Lipinski definition) is 4. The summed E-state index contributed by atoms with van der Waals surface area (Å²) < 4.78 is 4.54. The third-order valence-corrected chi connectivity index (χ3v) is 4.24. The predicted octanol–water partition coefficient (Wildman–Crippen LogP) is 2.81. The largest absolute Gasteiger partial charge is 0.468 e. The second-order valence-corrected chi connectivity index (χ2v) is 5.69. The minimum absolute atomic E-state index is 0.131. The maximum atomic E-state index is 12.4. The fraction of sp³-hybridized carbons (Fsp3) is 0.176. The Kier molecular flexibility index (Phi) is 6.03. The van der Waals surface area contributed by atoms with Crippen LogP contribution in [0.2, 0.25) is 0 Å². The van der Waals surface area contributed by atoms with Crippen LogP contribution >= 0.6 is 11.8 Å². The molecule has 5 heteroatoms. The fourth-order valence-corrected chi connectivity index (χ4v) is 2.93. The van der Waals surface area contributed by atoms with Gasteiger partial charge in [0.15, 0.2) is 0 Å². The van der Waals surface area contributed by atoms with Gasteiger partial charge in [-0.15, -0.1) is 11.8 Å². The zero-order chi connectivity index (χ0) is 15.8. The minimum Gasteiger partial charge on any atom is -0.468 e. The van der Waals surface area contributed by atoms with Gasteiger partial charge in [0.05, 0.1) is 7.11 Å². The summed E-state index contributed by atoms with van der Waals surface area (Å²) in [6.45, 7) is -0.131. The van der Waals surface area contributed by atoms with E-state index in [-0.39, 0.29) is 12.5 Å². The molecule has 1 atom stereocenters. The fourth-order valence-electron chi connectivity index (χ4n) is 1.86. The highest BCUT2D eigenvalue weighted by molar-refractivity contribution is 8.00. The van der Waals surface area contributed by atoms with Crippen molar-refractivity contribution in [1.29, 1.82) is 0 Å². The summed E-state index contributed by atoms with van der Waals surface area (Å²) in [5, 5.41) is 2.19. The first-order valence-electron chi connectivity index (χ1n) is 6.82. The van der Waals surface area contributed by atoms with Gasteiger partial charge in [0, 0.05) is 4.90 Å². The van der Waals surface area contributed by atoms with E-state index < -0.39 is 11.2 Å². The van der Waals surface area contributed by atoms with Crippen molar-refractivity contribution in [3.63, 3.8) is 0 Å². The number of nitrogens with one attached hydrogen (secondary N) is 1. The third-order valence-electron chi connectivity index (χ3n) is 2.97. The second kappa shape index (κ2) is 8.24. The van der Waals surface area contributed by atoms with Gasteiger partial charge in [0.2, 0.25) is 5.91 Å². The molecule has 1 unspecified atom stereocenters. The Morgan fingerprint density at radius 3 is 2.23 bits per heavy atom. The highest BCUT2D eigenvalue weighted by atomic mass is 32.2. The molecule has 0 aliphatic heterocycles. The number of carbonyl (C=O) groups excluding carboxylic acids is 2. The lowest BCUT2D eigenvalue weighted by Crippen LogP contribution is -2.33. The number of methoxy groups -OCH3 is 1. The average molecular weight is 315 g/mol. The van der Waals surface area contributed by atoms with Crippen LogP contribution < -0.4 is 5.32 Å². The van der Waals surface area contributed by atoms with Crippen LogP contribution in [0.5, 0.6) is 0 Å². The van der Waals surface area contributed by atoms with E-state index in [2.05, 4.69) is 10.1 Å². The molecule has 0 fully saturated rings. The number of thioether (sulfide) groups is 1. The molecule has 0 radical (unpaired) electrons. The lowest BCUT2D eigenvalue weighted by atomic mass is 10.1. The first kappa shape index (κ1) is 16.1. The molecule has 0 saturated carbocycles. The van der Waals surface area contributed by atoms with Gasteiger partial charge >= 0.3 is 5.97 Å². The summed E-state index contributed by atoms with van der Waals surface area (Å²) in [6.07, 6.45) is 0. The van der Waals surface area contributed by atoms with Gasteiger partial charge in [-0.2, -0.15) is 0 Å². The SMILES string of the molecule is COC(=O)CNC(=O)C(Sc1ccccc1)c1ccccc1. The molecule has 2 rings (SSSR count). The van der Waals surface area contributed by atoms with Crippen LogP contribution in [0.15, 0.2) is 65.6 Å². The van der Waals surface area contributed by atoms with Crippen LogP contribution in [-0.4, -0.2) is 25.5 Å². The predicted molar refractivity (Wildman–Crippen MR) is 86.5 cm³/mol. The molecule has 1 amide bonds. The molecule has 0 saturated heterocycles. The molecular formula is C17H17NO3S. The highest BCUT2D eigenvalue weighted by Crippen LogP contribution is 2.35. The molecule has 1 N–H and O–H groups in total. The molecule has 114 valence electrons. The van der Waals surface area contributed by atoms with Gasteiger partial charge < -0.3 is 10.1 Å². The Balaban J connectivity index is 2.15. The molecule has 0 spiro atoms. The van der Waals surface area contributed by atoms with E-state index in [0.717, 1.165) is 10.5 Å². The molecule has 0 bridgehead atoms. The summed E-state index contributed by atoms with van der Waals surface area (Å²) in [7, 11) is 1.29. The van der Waals surface area contributed by atoms with Gasteiger partial charge in [0.25, 0.3) is 0 Å². The standard InChI is InChI=1S/C17H17NO3S/c1-21-15(19)12-18-17(20)16(13-8-4-2-5-9-13)22-14-10-6-3-7-11-14/h2-11,16H,12H2,1H3,(H,18,20). The number of rotatable bonds is 6. The summed E-state index contributed by atoms with van der Waals surface area (Å²) in [4.78, 5) is 24.6. The van der Waals surface area contributed by atoms with Gasteiger partial charge in [-0.25, -0.2) is 0 Å². The monoisotopic (exact) mass is 315 g/mol. The van der Waals surface area contributed by atoms with Gasteiger partial charge in [0.1, 0.15) is 11.8 Å². The zero-order valence-electron chi connectivity index (χ0n) is 12.2. The van der Waals surface area contributed by atoms with Crippen LogP contribution in [0.25, 0.3) is 0 Å². The quantitative estimate of drug-likeness (QED) is 0.658. The van der Waals surface area contributed by atoms with Crippen LogP contribution in [0.1, 0.15) is 10.8 Å². The van der Waals surface area contributed by atoms with Crippen molar-refractivity contribution < 1.29 is 14.3 Å². The summed E-state index contributed by atoms with van der Waals surface area (Å²) >= 11 is 1.45. The van der Waals surface area contributed by atoms with Crippen molar-refractivity contribution in [1.82, 2.24) is 5.32 Å². The molecular weight excluding hydrogens is 298 g/mol. The number of ether oxygens (including phenoxy) is 1. The molecule has 4 nitrogen and oxygen atoms in total. The maximum absolute atomic E-state index is 12.4. The Morgan fingerprint density at radius 1 is 1.05 bits per heavy atom. The number of hydrogen-bond donors (Lipinski definition) is 1.